The third kappa shape index (κ3) is 5.18. The molecule has 0 aliphatic rings. The molecule has 0 saturated heterocycles. The van der Waals surface area contributed by atoms with Gasteiger partial charge >= 0.3 is 0 Å². The van der Waals surface area contributed by atoms with Crippen molar-refractivity contribution in [1.29, 1.82) is 10.5 Å². The normalized spacial score (nSPS) is 9.42. The zero-order chi connectivity index (χ0) is 14.1. The van der Waals surface area contributed by atoms with Gasteiger partial charge in [-0.3, -0.25) is 4.79 Å². The van der Waals surface area contributed by atoms with Gasteiger partial charge in [0, 0.05) is 13.1 Å². The molecule has 19 heavy (non-hydrogen) atoms. The second kappa shape index (κ2) is 7.84. The number of rotatable bonds is 6. The standard InChI is InChI=1S/C14H14FN3O/c15-13-5-3-12(4-6-13)11-14(19)18(9-1-7-16)10-2-8-17/h3-6H,1-2,9-11H2. The van der Waals surface area contributed by atoms with Gasteiger partial charge in [0.05, 0.1) is 31.4 Å². The van der Waals surface area contributed by atoms with E-state index in [1.807, 2.05) is 12.1 Å². The lowest BCUT2D eigenvalue weighted by atomic mass is 10.1. The van der Waals surface area contributed by atoms with Crippen molar-refractivity contribution in [3.05, 3.63) is 35.6 Å². The van der Waals surface area contributed by atoms with Crippen molar-refractivity contribution in [2.45, 2.75) is 19.3 Å². The Morgan fingerprint density at radius 1 is 1.11 bits per heavy atom. The number of nitrogens with zero attached hydrogens (tertiary/aromatic N) is 3. The zero-order valence-electron chi connectivity index (χ0n) is 10.5. The summed E-state index contributed by atoms with van der Waals surface area (Å²) in [4.78, 5) is 13.5. The SMILES string of the molecule is N#CCCN(CCC#N)C(=O)Cc1ccc(F)cc1. The van der Waals surface area contributed by atoms with Gasteiger partial charge in [-0.1, -0.05) is 12.1 Å². The molecule has 1 amide bonds. The lowest BCUT2D eigenvalue weighted by molar-refractivity contribution is -0.130. The third-order valence-corrected chi connectivity index (χ3v) is 2.61. The Balaban J connectivity index is 2.62. The van der Waals surface area contributed by atoms with E-state index in [-0.39, 0.29) is 31.0 Å². The Morgan fingerprint density at radius 3 is 2.11 bits per heavy atom. The first kappa shape index (κ1) is 14.7. The molecule has 98 valence electrons. The van der Waals surface area contributed by atoms with Crippen molar-refractivity contribution in [2.75, 3.05) is 13.1 Å². The van der Waals surface area contributed by atoms with E-state index in [1.54, 1.807) is 12.1 Å². The van der Waals surface area contributed by atoms with Crippen LogP contribution in [0.15, 0.2) is 24.3 Å². The maximum atomic E-state index is 12.7. The Hall–Kier alpha value is -2.40. The van der Waals surface area contributed by atoms with E-state index in [0.717, 1.165) is 0 Å². The number of nitriles is 2. The first-order valence-corrected chi connectivity index (χ1v) is 5.93. The van der Waals surface area contributed by atoms with Gasteiger partial charge in [0.15, 0.2) is 0 Å². The number of benzene rings is 1. The summed E-state index contributed by atoms with van der Waals surface area (Å²) in [5.41, 5.74) is 0.713. The Kier molecular flexibility index (Phi) is 6.05. The molecule has 0 saturated carbocycles. The average molecular weight is 259 g/mol. The maximum Gasteiger partial charge on any atom is 0.227 e. The van der Waals surface area contributed by atoms with E-state index in [0.29, 0.717) is 18.7 Å². The summed E-state index contributed by atoms with van der Waals surface area (Å²) in [6.07, 6.45) is 0.623. The van der Waals surface area contributed by atoms with Crippen LogP contribution in [0, 0.1) is 28.5 Å². The molecule has 0 radical (unpaired) electrons. The molecule has 0 unspecified atom stereocenters. The predicted octanol–water partition coefficient (Wildman–Crippen LogP) is 2.02. The first-order chi connectivity index (χ1) is 9.17. The highest BCUT2D eigenvalue weighted by Crippen LogP contribution is 2.06. The van der Waals surface area contributed by atoms with Crippen molar-refractivity contribution in [1.82, 2.24) is 4.90 Å². The predicted molar refractivity (Wildman–Crippen MR) is 67.1 cm³/mol. The van der Waals surface area contributed by atoms with Crippen LogP contribution in [-0.4, -0.2) is 23.9 Å². The minimum absolute atomic E-state index is 0.150. The van der Waals surface area contributed by atoms with Gasteiger partial charge in [0.1, 0.15) is 5.82 Å². The van der Waals surface area contributed by atoms with Crippen LogP contribution in [0.5, 0.6) is 0 Å². The fourth-order valence-corrected chi connectivity index (χ4v) is 1.62. The number of hydrogen-bond donors (Lipinski definition) is 0. The molecule has 0 spiro atoms. The Morgan fingerprint density at radius 2 is 1.63 bits per heavy atom. The molecule has 1 aromatic carbocycles. The maximum absolute atomic E-state index is 12.7. The van der Waals surface area contributed by atoms with Crippen molar-refractivity contribution in [3.63, 3.8) is 0 Å². The van der Waals surface area contributed by atoms with Gasteiger partial charge in [0.2, 0.25) is 5.91 Å². The number of carbonyl (C=O) groups is 1. The van der Waals surface area contributed by atoms with E-state index < -0.39 is 0 Å². The van der Waals surface area contributed by atoms with Gasteiger partial charge in [0.25, 0.3) is 0 Å². The van der Waals surface area contributed by atoms with Gasteiger partial charge in [-0.25, -0.2) is 4.39 Å². The smallest absolute Gasteiger partial charge is 0.227 e. The van der Waals surface area contributed by atoms with Gasteiger partial charge in [-0.15, -0.1) is 0 Å². The summed E-state index contributed by atoms with van der Waals surface area (Å²) in [5, 5.41) is 17.1. The molecule has 0 bridgehead atoms. The molecule has 5 heteroatoms. The zero-order valence-corrected chi connectivity index (χ0v) is 10.5. The fraction of sp³-hybridized carbons (Fsp3) is 0.357. The highest BCUT2D eigenvalue weighted by molar-refractivity contribution is 5.78. The Labute approximate surface area is 111 Å². The van der Waals surface area contributed by atoms with Crippen LogP contribution in [0.1, 0.15) is 18.4 Å². The summed E-state index contributed by atoms with van der Waals surface area (Å²) in [6, 6.07) is 9.67. The van der Waals surface area contributed by atoms with Crippen LogP contribution in [0.4, 0.5) is 4.39 Å². The minimum Gasteiger partial charge on any atom is -0.340 e. The minimum atomic E-state index is -0.345. The molecule has 0 heterocycles. The lowest BCUT2D eigenvalue weighted by Crippen LogP contribution is -2.33. The van der Waals surface area contributed by atoms with Crippen LogP contribution in [0.3, 0.4) is 0 Å². The quantitative estimate of drug-likeness (QED) is 0.784. The number of hydrogen-bond acceptors (Lipinski definition) is 3. The molecule has 0 aliphatic carbocycles. The highest BCUT2D eigenvalue weighted by atomic mass is 19.1. The van der Waals surface area contributed by atoms with Crippen LogP contribution in [0.2, 0.25) is 0 Å². The molecule has 4 nitrogen and oxygen atoms in total. The van der Waals surface area contributed by atoms with Crippen LogP contribution in [-0.2, 0) is 11.2 Å². The van der Waals surface area contributed by atoms with E-state index in [2.05, 4.69) is 0 Å². The van der Waals surface area contributed by atoms with Gasteiger partial charge in [-0.05, 0) is 17.7 Å². The number of carbonyl (C=O) groups excluding carboxylic acids is 1. The lowest BCUT2D eigenvalue weighted by Gasteiger charge is -2.20. The summed E-state index contributed by atoms with van der Waals surface area (Å²) in [7, 11) is 0. The van der Waals surface area contributed by atoms with Crippen molar-refractivity contribution in [2.24, 2.45) is 0 Å². The van der Waals surface area contributed by atoms with Crippen molar-refractivity contribution >= 4 is 5.91 Å². The first-order valence-electron chi connectivity index (χ1n) is 5.93. The molecular formula is C14H14FN3O. The molecule has 0 aromatic heterocycles. The second-order valence-electron chi connectivity index (χ2n) is 4.00. The average Bonchev–Trinajstić information content (AvgIpc) is 2.41. The topological polar surface area (TPSA) is 67.9 Å². The van der Waals surface area contributed by atoms with Crippen LogP contribution >= 0.6 is 0 Å². The second-order valence-corrected chi connectivity index (χ2v) is 4.00. The third-order valence-electron chi connectivity index (χ3n) is 2.61. The van der Waals surface area contributed by atoms with Crippen molar-refractivity contribution < 1.29 is 9.18 Å². The summed E-state index contributed by atoms with van der Waals surface area (Å²) in [6.45, 7) is 0.635. The summed E-state index contributed by atoms with van der Waals surface area (Å²) >= 11 is 0. The largest absolute Gasteiger partial charge is 0.340 e. The molecule has 0 aliphatic heterocycles. The fourth-order valence-electron chi connectivity index (χ4n) is 1.62. The Bertz CT molecular complexity index is 481. The molecule has 0 N–H and O–H groups in total. The van der Waals surface area contributed by atoms with Crippen LogP contribution < -0.4 is 0 Å². The number of amides is 1. The molecule has 0 fully saturated rings. The molecular weight excluding hydrogens is 245 g/mol. The summed E-state index contributed by atoms with van der Waals surface area (Å²) in [5.74, 6) is -0.501. The van der Waals surface area contributed by atoms with Crippen LogP contribution in [0.25, 0.3) is 0 Å². The van der Waals surface area contributed by atoms with Gasteiger partial charge < -0.3 is 4.90 Å². The molecule has 1 aromatic rings. The molecule has 0 atom stereocenters. The molecule has 1 rings (SSSR count). The van der Waals surface area contributed by atoms with E-state index in [1.165, 1.54) is 17.0 Å². The highest BCUT2D eigenvalue weighted by Gasteiger charge is 2.13. The van der Waals surface area contributed by atoms with E-state index >= 15 is 0 Å². The monoisotopic (exact) mass is 259 g/mol. The van der Waals surface area contributed by atoms with Crippen molar-refractivity contribution in [3.8, 4) is 12.1 Å². The number of halogens is 1. The van der Waals surface area contributed by atoms with Gasteiger partial charge in [-0.2, -0.15) is 10.5 Å². The van der Waals surface area contributed by atoms with E-state index in [9.17, 15) is 9.18 Å². The van der Waals surface area contributed by atoms with E-state index in [4.69, 9.17) is 10.5 Å². The summed E-state index contributed by atoms with van der Waals surface area (Å²) < 4.78 is 12.7.